The van der Waals surface area contributed by atoms with Gasteiger partial charge in [-0.15, -0.1) is 0 Å². The van der Waals surface area contributed by atoms with Gasteiger partial charge < -0.3 is 29.0 Å². The number of methoxy groups -OCH3 is 1. The van der Waals surface area contributed by atoms with E-state index in [1.165, 1.54) is 20.1 Å². The number of fused-ring (bicyclic) bond motifs is 1. The highest BCUT2D eigenvalue weighted by Crippen LogP contribution is 2.32. The van der Waals surface area contributed by atoms with Gasteiger partial charge in [0.25, 0.3) is 5.91 Å². The molecule has 0 saturated heterocycles. The highest BCUT2D eigenvalue weighted by atomic mass is 16.6. The maximum Gasteiger partial charge on any atom is 0.339 e. The summed E-state index contributed by atoms with van der Waals surface area (Å²) in [5.74, 6) is 1.01. The van der Waals surface area contributed by atoms with Crippen LogP contribution in [-0.4, -0.2) is 44.9 Å². The molecule has 0 unspecified atom stereocenters. The maximum absolute atomic E-state index is 12.4. The average Bonchev–Trinajstić information content (AvgIpc) is 2.74. The van der Waals surface area contributed by atoms with E-state index in [1.807, 2.05) is 6.92 Å². The minimum Gasteiger partial charge on any atom is -0.493 e. The van der Waals surface area contributed by atoms with Crippen LogP contribution in [0.25, 0.3) is 0 Å². The van der Waals surface area contributed by atoms with Gasteiger partial charge in [-0.1, -0.05) is 0 Å². The molecule has 0 radical (unpaired) electrons. The molecular weight excluding hydrogens is 378 g/mol. The molecule has 1 amide bonds. The predicted octanol–water partition coefficient (Wildman–Crippen LogP) is 3.05. The smallest absolute Gasteiger partial charge is 0.339 e. The molecule has 8 heteroatoms. The van der Waals surface area contributed by atoms with Gasteiger partial charge in [0, 0.05) is 11.8 Å². The molecule has 0 aromatic heterocycles. The van der Waals surface area contributed by atoms with Crippen molar-refractivity contribution in [2.45, 2.75) is 20.0 Å². The van der Waals surface area contributed by atoms with Crippen LogP contribution in [0.15, 0.2) is 36.4 Å². The van der Waals surface area contributed by atoms with Gasteiger partial charge in [-0.2, -0.15) is 0 Å². The summed E-state index contributed by atoms with van der Waals surface area (Å²) in [4.78, 5) is 24.8. The minimum absolute atomic E-state index is 0.254. The Bertz CT molecular complexity index is 897. The van der Waals surface area contributed by atoms with Gasteiger partial charge >= 0.3 is 5.97 Å². The Kier molecular flexibility index (Phi) is 6.43. The van der Waals surface area contributed by atoms with E-state index in [1.54, 1.807) is 30.3 Å². The summed E-state index contributed by atoms with van der Waals surface area (Å²) < 4.78 is 26.9. The van der Waals surface area contributed by atoms with E-state index in [9.17, 15) is 9.59 Å². The molecule has 1 heterocycles. The molecule has 0 fully saturated rings. The summed E-state index contributed by atoms with van der Waals surface area (Å²) in [6, 6.07) is 9.77. The Morgan fingerprint density at radius 1 is 1.07 bits per heavy atom. The SMILES string of the molecule is CCOc1ccc(C(=O)O[C@H](C)C(=O)Nc2ccc3c(c2)OCCO3)cc1OC. The van der Waals surface area contributed by atoms with Crippen molar-refractivity contribution in [3.05, 3.63) is 42.0 Å². The van der Waals surface area contributed by atoms with Gasteiger partial charge in [0.1, 0.15) is 13.2 Å². The molecule has 0 saturated carbocycles. The molecule has 0 spiro atoms. The zero-order valence-electron chi connectivity index (χ0n) is 16.5. The predicted molar refractivity (Wildman–Crippen MR) is 105 cm³/mol. The molecule has 2 aromatic carbocycles. The Balaban J connectivity index is 1.62. The van der Waals surface area contributed by atoms with Gasteiger partial charge in [-0.3, -0.25) is 4.79 Å². The van der Waals surface area contributed by atoms with Crippen LogP contribution in [-0.2, 0) is 9.53 Å². The van der Waals surface area contributed by atoms with E-state index >= 15 is 0 Å². The van der Waals surface area contributed by atoms with Gasteiger partial charge in [-0.25, -0.2) is 4.79 Å². The van der Waals surface area contributed by atoms with Crippen molar-refractivity contribution in [3.8, 4) is 23.0 Å². The Morgan fingerprint density at radius 2 is 1.83 bits per heavy atom. The van der Waals surface area contributed by atoms with Crippen molar-refractivity contribution in [2.75, 3.05) is 32.2 Å². The molecule has 1 atom stereocenters. The number of amides is 1. The lowest BCUT2D eigenvalue weighted by Crippen LogP contribution is -2.30. The molecule has 29 heavy (non-hydrogen) atoms. The number of ether oxygens (including phenoxy) is 5. The lowest BCUT2D eigenvalue weighted by molar-refractivity contribution is -0.123. The number of carbonyl (C=O) groups is 2. The topological polar surface area (TPSA) is 92.3 Å². The van der Waals surface area contributed by atoms with Gasteiger partial charge in [0.2, 0.25) is 0 Å². The third-order valence-corrected chi connectivity index (χ3v) is 4.16. The third kappa shape index (κ3) is 4.90. The fourth-order valence-corrected chi connectivity index (χ4v) is 2.72. The highest BCUT2D eigenvalue weighted by Gasteiger charge is 2.21. The van der Waals surface area contributed by atoms with Crippen LogP contribution in [0.3, 0.4) is 0 Å². The molecule has 8 nitrogen and oxygen atoms in total. The average molecular weight is 401 g/mol. The van der Waals surface area contributed by atoms with E-state index < -0.39 is 18.0 Å². The zero-order valence-corrected chi connectivity index (χ0v) is 16.5. The number of hydrogen-bond acceptors (Lipinski definition) is 7. The van der Waals surface area contributed by atoms with Gasteiger partial charge in [0.05, 0.1) is 19.3 Å². The Morgan fingerprint density at radius 3 is 2.55 bits per heavy atom. The maximum atomic E-state index is 12.4. The van der Waals surface area contributed by atoms with Crippen LogP contribution in [0, 0.1) is 0 Å². The van der Waals surface area contributed by atoms with Crippen molar-refractivity contribution in [1.29, 1.82) is 0 Å². The molecular formula is C21H23NO7. The lowest BCUT2D eigenvalue weighted by Gasteiger charge is -2.19. The van der Waals surface area contributed by atoms with Gasteiger partial charge in [0.15, 0.2) is 29.1 Å². The first-order valence-electron chi connectivity index (χ1n) is 9.24. The number of anilines is 1. The number of nitrogens with one attached hydrogen (secondary N) is 1. The number of esters is 1. The standard InChI is InChI=1S/C21H23NO7/c1-4-26-16-7-5-14(11-18(16)25-3)21(24)29-13(2)20(23)22-15-6-8-17-19(12-15)28-10-9-27-17/h5-8,11-13H,4,9-10H2,1-3H3,(H,22,23)/t13-/m1/s1. The fourth-order valence-electron chi connectivity index (χ4n) is 2.72. The molecule has 2 aromatic rings. The molecule has 154 valence electrons. The first-order chi connectivity index (χ1) is 14.0. The minimum atomic E-state index is -1.01. The van der Waals surface area contributed by atoms with Crippen LogP contribution >= 0.6 is 0 Å². The monoisotopic (exact) mass is 401 g/mol. The number of carbonyl (C=O) groups excluding carboxylic acids is 2. The van der Waals surface area contributed by atoms with Crippen LogP contribution < -0.4 is 24.3 Å². The van der Waals surface area contributed by atoms with Crippen molar-refractivity contribution in [3.63, 3.8) is 0 Å². The fraction of sp³-hybridized carbons (Fsp3) is 0.333. The first-order valence-corrected chi connectivity index (χ1v) is 9.24. The van der Waals surface area contributed by atoms with Crippen LogP contribution in [0.4, 0.5) is 5.69 Å². The van der Waals surface area contributed by atoms with Crippen molar-refractivity contribution >= 4 is 17.6 Å². The Labute approximate surface area is 168 Å². The second-order valence-corrected chi connectivity index (χ2v) is 6.19. The van der Waals surface area contributed by atoms with Crippen molar-refractivity contribution < 1.29 is 33.3 Å². The summed E-state index contributed by atoms with van der Waals surface area (Å²) in [5, 5.41) is 2.70. The van der Waals surface area contributed by atoms with Crippen LogP contribution in [0.5, 0.6) is 23.0 Å². The molecule has 1 aliphatic heterocycles. The van der Waals surface area contributed by atoms with E-state index in [-0.39, 0.29) is 5.56 Å². The summed E-state index contributed by atoms with van der Waals surface area (Å²) in [6.45, 7) is 4.75. The van der Waals surface area contributed by atoms with Crippen molar-refractivity contribution in [1.82, 2.24) is 0 Å². The summed E-state index contributed by atoms with van der Waals surface area (Å²) >= 11 is 0. The molecule has 3 rings (SSSR count). The third-order valence-electron chi connectivity index (χ3n) is 4.16. The zero-order chi connectivity index (χ0) is 20.8. The quantitative estimate of drug-likeness (QED) is 0.713. The molecule has 1 N–H and O–H groups in total. The number of benzene rings is 2. The second kappa shape index (κ2) is 9.18. The van der Waals surface area contributed by atoms with E-state index in [2.05, 4.69) is 5.32 Å². The number of hydrogen-bond donors (Lipinski definition) is 1. The molecule has 1 aliphatic rings. The normalized spacial score (nSPS) is 13.2. The van der Waals surface area contributed by atoms with Crippen molar-refractivity contribution in [2.24, 2.45) is 0 Å². The first kappa shape index (κ1) is 20.3. The largest absolute Gasteiger partial charge is 0.493 e. The van der Waals surface area contributed by atoms with Gasteiger partial charge in [-0.05, 0) is 44.2 Å². The van der Waals surface area contributed by atoms with Crippen LogP contribution in [0.1, 0.15) is 24.2 Å². The van der Waals surface area contributed by atoms with E-state index in [0.717, 1.165) is 0 Å². The number of rotatable bonds is 7. The van der Waals surface area contributed by atoms with E-state index in [4.69, 9.17) is 23.7 Å². The Hall–Kier alpha value is -3.42. The molecule has 0 aliphatic carbocycles. The summed E-state index contributed by atoms with van der Waals surface area (Å²) in [5.41, 5.74) is 0.772. The van der Waals surface area contributed by atoms with Crippen LogP contribution in [0.2, 0.25) is 0 Å². The summed E-state index contributed by atoms with van der Waals surface area (Å²) in [6.07, 6.45) is -1.01. The highest BCUT2D eigenvalue weighted by molar-refractivity contribution is 5.97. The lowest BCUT2D eigenvalue weighted by atomic mass is 10.2. The second-order valence-electron chi connectivity index (χ2n) is 6.19. The van der Waals surface area contributed by atoms with E-state index in [0.29, 0.717) is 48.5 Å². The molecule has 0 bridgehead atoms. The summed E-state index contributed by atoms with van der Waals surface area (Å²) in [7, 11) is 1.48.